The predicted octanol–water partition coefficient (Wildman–Crippen LogP) is 2.76. The number of phenolic OH excluding ortho intramolecular Hbond substituents is 1. The molecule has 60 valence electrons. The first-order valence-corrected chi connectivity index (χ1v) is 3.67. The minimum Gasteiger partial charge on any atom is -0.508 e. The molecular weight excluding hydrogens is 218 g/mol. The van der Waals surface area contributed by atoms with Crippen LogP contribution in [0.1, 0.15) is 5.56 Å². The molecule has 0 aliphatic carbocycles. The topological polar surface area (TPSA) is 20.2 Å². The monoisotopic (exact) mass is 222 g/mol. The van der Waals surface area contributed by atoms with Crippen LogP contribution in [-0.2, 0) is 6.67 Å². The van der Waals surface area contributed by atoms with Crippen molar-refractivity contribution in [2.75, 3.05) is 0 Å². The van der Waals surface area contributed by atoms with E-state index in [0.29, 0.717) is 0 Å². The van der Waals surface area contributed by atoms with E-state index in [1.165, 1.54) is 6.07 Å². The lowest BCUT2D eigenvalue weighted by Crippen LogP contribution is -1.87. The van der Waals surface area contributed by atoms with Crippen LogP contribution in [0.3, 0.4) is 0 Å². The zero-order valence-electron chi connectivity index (χ0n) is 5.44. The van der Waals surface area contributed by atoms with Crippen LogP contribution in [0, 0.1) is 5.82 Å². The molecule has 0 amide bonds. The van der Waals surface area contributed by atoms with E-state index in [1.54, 1.807) is 0 Å². The number of phenols is 1. The Morgan fingerprint density at radius 2 is 2.09 bits per heavy atom. The Hall–Kier alpha value is -0.640. The molecule has 0 radical (unpaired) electrons. The fourth-order valence-corrected chi connectivity index (χ4v) is 1.22. The molecule has 0 aliphatic rings. The summed E-state index contributed by atoms with van der Waals surface area (Å²) in [5.74, 6) is -0.809. The van der Waals surface area contributed by atoms with E-state index in [1.807, 2.05) is 0 Å². The fraction of sp³-hybridized carbons (Fsp3) is 0.143. The lowest BCUT2D eigenvalue weighted by atomic mass is 10.2. The van der Waals surface area contributed by atoms with Gasteiger partial charge in [-0.3, -0.25) is 0 Å². The second-order valence-corrected chi connectivity index (χ2v) is 2.89. The summed E-state index contributed by atoms with van der Waals surface area (Å²) in [4.78, 5) is 0. The third-order valence-electron chi connectivity index (χ3n) is 1.23. The van der Waals surface area contributed by atoms with Gasteiger partial charge in [0.05, 0.1) is 4.47 Å². The van der Waals surface area contributed by atoms with Crippen LogP contribution in [0.5, 0.6) is 5.75 Å². The Morgan fingerprint density at radius 1 is 1.45 bits per heavy atom. The Bertz CT molecular complexity index is 275. The number of benzene rings is 1. The van der Waals surface area contributed by atoms with E-state index in [0.717, 1.165) is 6.07 Å². The van der Waals surface area contributed by atoms with Crippen molar-refractivity contribution in [1.29, 1.82) is 0 Å². The maximum absolute atomic E-state index is 12.8. The molecule has 4 heteroatoms. The van der Waals surface area contributed by atoms with Crippen LogP contribution >= 0.6 is 15.9 Å². The van der Waals surface area contributed by atoms with Crippen molar-refractivity contribution >= 4 is 15.9 Å². The highest BCUT2D eigenvalue weighted by atomic mass is 79.9. The number of hydrogen-bond donors (Lipinski definition) is 1. The van der Waals surface area contributed by atoms with Gasteiger partial charge < -0.3 is 5.11 Å². The fourth-order valence-electron chi connectivity index (χ4n) is 0.727. The number of rotatable bonds is 1. The normalized spacial score (nSPS) is 10.1. The van der Waals surface area contributed by atoms with E-state index in [4.69, 9.17) is 5.11 Å². The summed E-state index contributed by atoms with van der Waals surface area (Å²) in [5.41, 5.74) is -0.142. The van der Waals surface area contributed by atoms with Crippen molar-refractivity contribution in [3.8, 4) is 5.75 Å². The standard InChI is InChI=1S/C7H5BrF2O/c8-6-2-5(11)1-4(3-9)7(6)10/h1-2,11H,3H2. The summed E-state index contributed by atoms with van der Waals surface area (Å²) in [6, 6.07) is 2.23. The molecule has 0 unspecified atom stereocenters. The Balaban J connectivity index is 3.24. The molecule has 0 bridgehead atoms. The first kappa shape index (κ1) is 8.46. The van der Waals surface area contributed by atoms with Gasteiger partial charge in [0, 0.05) is 5.56 Å². The van der Waals surface area contributed by atoms with Gasteiger partial charge in [-0.1, -0.05) is 0 Å². The summed E-state index contributed by atoms with van der Waals surface area (Å²) < 4.78 is 24.8. The molecule has 0 saturated heterocycles. The lowest BCUT2D eigenvalue weighted by Gasteiger charge is -2.00. The number of aromatic hydroxyl groups is 1. The van der Waals surface area contributed by atoms with Crippen molar-refractivity contribution in [2.45, 2.75) is 6.67 Å². The minimum absolute atomic E-state index is 0.0742. The number of hydrogen-bond acceptors (Lipinski definition) is 1. The highest BCUT2D eigenvalue weighted by Crippen LogP contribution is 2.25. The predicted molar refractivity (Wildman–Crippen MR) is 40.6 cm³/mol. The van der Waals surface area contributed by atoms with Gasteiger partial charge in [-0.05, 0) is 28.1 Å². The van der Waals surface area contributed by atoms with Gasteiger partial charge in [0.1, 0.15) is 18.2 Å². The van der Waals surface area contributed by atoms with Crippen LogP contribution in [0.25, 0.3) is 0 Å². The van der Waals surface area contributed by atoms with E-state index in [9.17, 15) is 8.78 Å². The van der Waals surface area contributed by atoms with Crippen LogP contribution in [0.2, 0.25) is 0 Å². The van der Waals surface area contributed by atoms with Gasteiger partial charge in [-0.25, -0.2) is 8.78 Å². The first-order chi connectivity index (χ1) is 5.15. The maximum Gasteiger partial charge on any atom is 0.143 e. The summed E-state index contributed by atoms with van der Waals surface area (Å²) in [5, 5.41) is 8.89. The molecule has 0 fully saturated rings. The Labute approximate surface area is 70.8 Å². The molecular formula is C7H5BrF2O. The van der Waals surface area contributed by atoms with Crippen molar-refractivity contribution in [1.82, 2.24) is 0 Å². The van der Waals surface area contributed by atoms with Gasteiger partial charge in [0.2, 0.25) is 0 Å². The molecule has 1 aromatic rings. The van der Waals surface area contributed by atoms with Gasteiger partial charge in [-0.2, -0.15) is 0 Å². The van der Waals surface area contributed by atoms with E-state index < -0.39 is 12.5 Å². The van der Waals surface area contributed by atoms with Crippen LogP contribution in [-0.4, -0.2) is 5.11 Å². The quantitative estimate of drug-likeness (QED) is 0.775. The first-order valence-electron chi connectivity index (χ1n) is 2.88. The molecule has 1 rings (SSSR count). The molecule has 0 saturated carbocycles. The summed E-state index contributed by atoms with van der Waals surface area (Å²) in [6.45, 7) is -0.918. The van der Waals surface area contributed by atoms with Gasteiger partial charge >= 0.3 is 0 Å². The van der Waals surface area contributed by atoms with Crippen LogP contribution < -0.4 is 0 Å². The highest BCUT2D eigenvalue weighted by Gasteiger charge is 2.07. The maximum atomic E-state index is 12.8. The number of alkyl halides is 1. The average Bonchev–Trinajstić information content (AvgIpc) is 1.96. The van der Waals surface area contributed by atoms with E-state index >= 15 is 0 Å². The van der Waals surface area contributed by atoms with Crippen molar-refractivity contribution < 1.29 is 13.9 Å². The van der Waals surface area contributed by atoms with E-state index in [-0.39, 0.29) is 15.8 Å². The third kappa shape index (κ3) is 1.68. The molecule has 0 aliphatic heterocycles. The SMILES string of the molecule is Oc1cc(Br)c(F)c(CF)c1. The third-order valence-corrected chi connectivity index (χ3v) is 1.81. The van der Waals surface area contributed by atoms with Crippen LogP contribution in [0.15, 0.2) is 16.6 Å². The Kier molecular flexibility index (Phi) is 2.44. The molecule has 11 heavy (non-hydrogen) atoms. The molecule has 0 aromatic heterocycles. The molecule has 0 spiro atoms. The molecule has 0 heterocycles. The molecule has 1 aromatic carbocycles. The molecule has 0 atom stereocenters. The molecule has 1 N–H and O–H groups in total. The second-order valence-electron chi connectivity index (χ2n) is 2.03. The minimum atomic E-state index is -0.918. The largest absolute Gasteiger partial charge is 0.508 e. The number of halogens is 3. The zero-order valence-corrected chi connectivity index (χ0v) is 7.03. The van der Waals surface area contributed by atoms with Crippen molar-refractivity contribution in [3.05, 3.63) is 28.0 Å². The van der Waals surface area contributed by atoms with Crippen LogP contribution in [0.4, 0.5) is 8.78 Å². The summed E-state index contributed by atoms with van der Waals surface area (Å²) in [6.07, 6.45) is 0. The van der Waals surface area contributed by atoms with Gasteiger partial charge in [-0.15, -0.1) is 0 Å². The smallest absolute Gasteiger partial charge is 0.143 e. The lowest BCUT2D eigenvalue weighted by molar-refractivity contribution is 0.446. The molecule has 1 nitrogen and oxygen atoms in total. The van der Waals surface area contributed by atoms with Gasteiger partial charge in [0.15, 0.2) is 0 Å². The Morgan fingerprint density at radius 3 is 2.64 bits per heavy atom. The summed E-state index contributed by atoms with van der Waals surface area (Å²) in [7, 11) is 0. The average molecular weight is 223 g/mol. The van der Waals surface area contributed by atoms with Crippen molar-refractivity contribution in [3.63, 3.8) is 0 Å². The van der Waals surface area contributed by atoms with Gasteiger partial charge in [0.25, 0.3) is 0 Å². The van der Waals surface area contributed by atoms with E-state index in [2.05, 4.69) is 15.9 Å². The summed E-state index contributed by atoms with van der Waals surface area (Å²) >= 11 is 2.84. The zero-order chi connectivity index (χ0) is 8.43. The van der Waals surface area contributed by atoms with Crippen molar-refractivity contribution in [2.24, 2.45) is 0 Å². The highest BCUT2D eigenvalue weighted by molar-refractivity contribution is 9.10. The second kappa shape index (κ2) is 3.17.